The highest BCUT2D eigenvalue weighted by Gasteiger charge is 2.29. The van der Waals surface area contributed by atoms with Crippen LogP contribution < -0.4 is 11.1 Å². The largest absolute Gasteiger partial charge is 0.378 e. The van der Waals surface area contributed by atoms with Crippen LogP contribution in [0.3, 0.4) is 0 Å². The van der Waals surface area contributed by atoms with Gasteiger partial charge in [-0.1, -0.05) is 30.9 Å². The number of thiocarbonyl (C=S) groups is 1. The van der Waals surface area contributed by atoms with Gasteiger partial charge in [0.25, 0.3) is 0 Å². The summed E-state index contributed by atoms with van der Waals surface area (Å²) in [5.41, 5.74) is 5.31. The van der Waals surface area contributed by atoms with E-state index < -0.39 is 4.75 Å². The molecule has 0 aliphatic heterocycles. The van der Waals surface area contributed by atoms with Gasteiger partial charge in [-0.3, -0.25) is 4.79 Å². The van der Waals surface area contributed by atoms with Crippen molar-refractivity contribution in [2.45, 2.75) is 25.5 Å². The molecule has 0 saturated heterocycles. The molecule has 0 bridgehead atoms. The maximum Gasteiger partial charge on any atom is 0.236 e. The number of hydrogen-bond acceptors (Lipinski definition) is 11. The summed E-state index contributed by atoms with van der Waals surface area (Å²) in [7, 11) is 0. The molecule has 0 unspecified atom stereocenters. The van der Waals surface area contributed by atoms with Gasteiger partial charge in [0.2, 0.25) is 5.91 Å². The van der Waals surface area contributed by atoms with E-state index in [0.717, 1.165) is 9.28 Å². The van der Waals surface area contributed by atoms with Crippen LogP contribution in [-0.2, 0) is 33.2 Å². The number of carbonyl (C=O) groups excluding carboxylic acids is 1. The first-order valence-electron chi connectivity index (χ1n) is 11.2. The number of rotatable bonds is 23. The average molecular weight is 531 g/mol. The highest BCUT2D eigenvalue weighted by molar-refractivity contribution is 8.47. The molecule has 0 aliphatic rings. The van der Waals surface area contributed by atoms with Crippen LogP contribution in [0, 0.1) is 0 Å². The van der Waals surface area contributed by atoms with E-state index >= 15 is 0 Å². The Hall–Kier alpha value is -0.0200. The molecule has 0 heterocycles. The lowest BCUT2D eigenvalue weighted by atomic mass is 10.2. The third-order valence-corrected chi connectivity index (χ3v) is 6.40. The van der Waals surface area contributed by atoms with Crippen molar-refractivity contribution in [3.05, 3.63) is 0 Å². The van der Waals surface area contributed by atoms with E-state index in [9.17, 15) is 4.79 Å². The fraction of sp³-hybridized carbons (Fsp3) is 0.905. The molecular formula is C21H42N2O7S3. The van der Waals surface area contributed by atoms with Gasteiger partial charge in [0, 0.05) is 13.1 Å². The minimum absolute atomic E-state index is 0.0482. The number of ether oxygens (including phenoxy) is 6. The molecule has 0 atom stereocenters. The molecule has 0 fully saturated rings. The Balaban J connectivity index is 3.34. The molecule has 9 nitrogen and oxygen atoms in total. The highest BCUT2D eigenvalue weighted by atomic mass is 32.2. The lowest BCUT2D eigenvalue weighted by Crippen LogP contribution is -2.41. The number of amides is 1. The van der Waals surface area contributed by atoms with Gasteiger partial charge < -0.3 is 39.5 Å². The summed E-state index contributed by atoms with van der Waals surface area (Å²) in [6.45, 7) is 12.8. The van der Waals surface area contributed by atoms with E-state index in [0.29, 0.717) is 92.4 Å². The summed E-state index contributed by atoms with van der Waals surface area (Å²) < 4.78 is 32.5. The molecule has 0 aromatic rings. The minimum Gasteiger partial charge on any atom is -0.378 e. The van der Waals surface area contributed by atoms with Gasteiger partial charge in [-0.25, -0.2) is 0 Å². The smallest absolute Gasteiger partial charge is 0.236 e. The zero-order valence-corrected chi connectivity index (χ0v) is 22.7. The maximum atomic E-state index is 12.3. The molecule has 0 rings (SSSR count). The Bertz CT molecular complexity index is 489. The fourth-order valence-electron chi connectivity index (χ4n) is 2.14. The molecular weight excluding hydrogens is 488 g/mol. The summed E-state index contributed by atoms with van der Waals surface area (Å²) in [4.78, 5) is 12.3. The second-order valence-corrected chi connectivity index (χ2v) is 11.1. The molecule has 196 valence electrons. The van der Waals surface area contributed by atoms with Crippen molar-refractivity contribution < 1.29 is 33.2 Å². The molecule has 0 aromatic heterocycles. The van der Waals surface area contributed by atoms with E-state index in [-0.39, 0.29) is 5.91 Å². The van der Waals surface area contributed by atoms with Crippen molar-refractivity contribution in [2.24, 2.45) is 5.73 Å². The van der Waals surface area contributed by atoms with Crippen LogP contribution in [0.5, 0.6) is 0 Å². The van der Waals surface area contributed by atoms with Crippen molar-refractivity contribution in [1.29, 1.82) is 0 Å². The molecule has 1 amide bonds. The maximum absolute atomic E-state index is 12.3. The van der Waals surface area contributed by atoms with Crippen molar-refractivity contribution in [3.63, 3.8) is 0 Å². The monoisotopic (exact) mass is 530 g/mol. The summed E-state index contributed by atoms with van der Waals surface area (Å²) in [6.07, 6.45) is 0. The molecule has 0 spiro atoms. The van der Waals surface area contributed by atoms with Gasteiger partial charge in [0.15, 0.2) is 0 Å². The van der Waals surface area contributed by atoms with E-state index in [1.165, 1.54) is 11.8 Å². The lowest BCUT2D eigenvalue weighted by molar-refractivity contribution is -0.122. The van der Waals surface area contributed by atoms with Crippen molar-refractivity contribution in [2.75, 3.05) is 98.1 Å². The van der Waals surface area contributed by atoms with Crippen LogP contribution in [0.15, 0.2) is 0 Å². The van der Waals surface area contributed by atoms with Crippen molar-refractivity contribution in [1.82, 2.24) is 5.32 Å². The summed E-state index contributed by atoms with van der Waals surface area (Å²) in [5.74, 6) is 0.858. The molecule has 0 saturated carbocycles. The highest BCUT2D eigenvalue weighted by Crippen LogP contribution is 2.30. The van der Waals surface area contributed by atoms with Crippen LogP contribution in [0.2, 0.25) is 0 Å². The Morgan fingerprint density at radius 2 is 1.18 bits per heavy atom. The Morgan fingerprint density at radius 1 is 0.788 bits per heavy atom. The van der Waals surface area contributed by atoms with E-state index in [4.69, 9.17) is 46.4 Å². The summed E-state index contributed by atoms with van der Waals surface area (Å²) in [6, 6.07) is 0. The number of nitrogens with two attached hydrogens (primary N) is 1. The first kappa shape index (κ1) is 33.0. The minimum atomic E-state index is -0.596. The van der Waals surface area contributed by atoms with Crippen LogP contribution in [0.1, 0.15) is 20.8 Å². The fourth-order valence-corrected chi connectivity index (χ4v) is 5.15. The molecule has 33 heavy (non-hydrogen) atoms. The first-order chi connectivity index (χ1) is 15.9. The third-order valence-electron chi connectivity index (χ3n) is 3.80. The quantitative estimate of drug-likeness (QED) is 0.149. The van der Waals surface area contributed by atoms with Gasteiger partial charge in [0.1, 0.15) is 3.53 Å². The SMILES string of the molecule is CCSC(=S)SC(C)(C)C(=O)NCCOCCOCCOCCOCCOCCOCCN. The number of thioether (sulfide) groups is 2. The normalized spacial score (nSPS) is 11.6. The molecule has 0 radical (unpaired) electrons. The molecule has 3 N–H and O–H groups in total. The zero-order valence-electron chi connectivity index (χ0n) is 20.3. The second kappa shape index (κ2) is 23.7. The predicted octanol–water partition coefficient (Wildman–Crippen LogP) is 1.71. The second-order valence-electron chi connectivity index (χ2n) is 7.01. The molecule has 12 heteroatoms. The van der Waals surface area contributed by atoms with E-state index in [2.05, 4.69) is 5.32 Å². The Labute approximate surface area is 212 Å². The van der Waals surface area contributed by atoms with Crippen molar-refractivity contribution >= 4 is 45.2 Å². The van der Waals surface area contributed by atoms with Crippen LogP contribution in [0.4, 0.5) is 0 Å². The van der Waals surface area contributed by atoms with Gasteiger partial charge in [-0.15, -0.1) is 11.8 Å². The summed E-state index contributed by atoms with van der Waals surface area (Å²) in [5, 5.41) is 2.88. The third kappa shape index (κ3) is 22.2. The van der Waals surface area contributed by atoms with Crippen molar-refractivity contribution in [3.8, 4) is 0 Å². The van der Waals surface area contributed by atoms with Crippen LogP contribution >= 0.6 is 35.7 Å². The van der Waals surface area contributed by atoms with Gasteiger partial charge >= 0.3 is 0 Å². The van der Waals surface area contributed by atoms with E-state index in [1.54, 1.807) is 11.8 Å². The summed E-state index contributed by atoms with van der Waals surface area (Å²) >= 11 is 8.26. The molecule has 0 aliphatic carbocycles. The topological polar surface area (TPSA) is 111 Å². The van der Waals surface area contributed by atoms with E-state index in [1.807, 2.05) is 20.8 Å². The number of nitrogens with one attached hydrogen (secondary N) is 1. The standard InChI is InChI=1S/C21H42N2O7S3/c1-4-32-20(31)33-21(2,3)19(24)23-6-8-26-10-12-28-14-16-30-18-17-29-15-13-27-11-9-25-7-5-22/h4-18,22H2,1-3H3,(H,23,24). The van der Waals surface area contributed by atoms with Gasteiger partial charge in [-0.2, -0.15) is 0 Å². The van der Waals surface area contributed by atoms with Gasteiger partial charge in [-0.05, 0) is 19.6 Å². The van der Waals surface area contributed by atoms with Crippen LogP contribution in [-0.4, -0.2) is 112 Å². The zero-order chi connectivity index (χ0) is 24.6. The average Bonchev–Trinajstić information content (AvgIpc) is 2.77. The predicted molar refractivity (Wildman–Crippen MR) is 139 cm³/mol. The molecule has 0 aromatic carbocycles. The Kier molecular flexibility index (Phi) is 23.7. The van der Waals surface area contributed by atoms with Gasteiger partial charge in [0.05, 0.1) is 84.0 Å². The number of hydrogen-bond donors (Lipinski definition) is 2. The lowest BCUT2D eigenvalue weighted by Gasteiger charge is -2.22. The van der Waals surface area contributed by atoms with Crippen LogP contribution in [0.25, 0.3) is 0 Å². The Morgan fingerprint density at radius 3 is 1.58 bits per heavy atom. The first-order valence-corrected chi connectivity index (χ1v) is 13.5. The number of carbonyl (C=O) groups is 1.